The summed E-state index contributed by atoms with van der Waals surface area (Å²) in [5.74, 6) is 0. The molecule has 0 radical (unpaired) electrons. The van der Waals surface area contributed by atoms with Gasteiger partial charge in [0.2, 0.25) is 0 Å². The van der Waals surface area contributed by atoms with Crippen molar-refractivity contribution in [3.05, 3.63) is 0 Å². The molecule has 0 aliphatic rings. The highest BCUT2D eigenvalue weighted by atomic mass is 15.2. The van der Waals surface area contributed by atoms with Gasteiger partial charge in [-0.05, 0) is 25.9 Å². The summed E-state index contributed by atoms with van der Waals surface area (Å²) >= 11 is 0. The zero-order chi connectivity index (χ0) is 30.6. The van der Waals surface area contributed by atoms with E-state index in [4.69, 9.17) is 11.5 Å². The van der Waals surface area contributed by atoms with Crippen LogP contribution in [0.2, 0.25) is 0 Å². The summed E-state index contributed by atoms with van der Waals surface area (Å²) in [6, 6.07) is 0. The van der Waals surface area contributed by atoms with Crippen molar-refractivity contribution in [2.75, 3.05) is 52.4 Å². The zero-order valence-electron chi connectivity index (χ0n) is 29.5. The summed E-state index contributed by atoms with van der Waals surface area (Å²) < 4.78 is 0. The number of rotatable bonds is 37. The molecule has 0 amide bonds. The Labute approximate surface area is 266 Å². The maximum atomic E-state index is 5.96. The summed E-state index contributed by atoms with van der Waals surface area (Å²) in [7, 11) is 0. The minimum atomic E-state index is 0.772. The van der Waals surface area contributed by atoms with Gasteiger partial charge in [0.1, 0.15) is 0 Å². The fourth-order valence-corrected chi connectivity index (χ4v) is 6.38. The molecular weight excluding hydrogens is 512 g/mol. The Hall–Kier alpha value is -0.160. The topological polar surface area (TPSA) is 58.5 Å². The van der Waals surface area contributed by atoms with Crippen molar-refractivity contribution in [1.82, 2.24) is 9.80 Å². The van der Waals surface area contributed by atoms with Crippen LogP contribution >= 0.6 is 0 Å². The summed E-state index contributed by atoms with van der Waals surface area (Å²) in [4.78, 5) is 5.21. The molecular formula is C38H82N4. The van der Waals surface area contributed by atoms with Crippen molar-refractivity contribution < 1.29 is 0 Å². The van der Waals surface area contributed by atoms with Gasteiger partial charge in [-0.15, -0.1) is 0 Å². The first-order chi connectivity index (χ1) is 20.8. The third-order valence-electron chi connectivity index (χ3n) is 9.28. The molecule has 4 nitrogen and oxygen atoms in total. The molecule has 0 saturated heterocycles. The van der Waals surface area contributed by atoms with Gasteiger partial charge in [0.15, 0.2) is 0 Å². The van der Waals surface area contributed by atoms with E-state index in [0.717, 1.165) is 39.3 Å². The first-order valence-corrected chi connectivity index (χ1v) is 19.6. The minimum absolute atomic E-state index is 0.772. The fourth-order valence-electron chi connectivity index (χ4n) is 6.38. The van der Waals surface area contributed by atoms with E-state index >= 15 is 0 Å². The van der Waals surface area contributed by atoms with Crippen molar-refractivity contribution in [1.29, 1.82) is 0 Å². The molecule has 0 aliphatic heterocycles. The van der Waals surface area contributed by atoms with Gasteiger partial charge in [-0.1, -0.05) is 181 Å². The lowest BCUT2D eigenvalue weighted by Gasteiger charge is -2.27. The summed E-state index contributed by atoms with van der Waals surface area (Å²) in [5.41, 5.74) is 11.9. The van der Waals surface area contributed by atoms with Crippen molar-refractivity contribution in [2.24, 2.45) is 11.5 Å². The Balaban J connectivity index is 3.71. The molecule has 0 atom stereocenters. The van der Waals surface area contributed by atoms with Crippen LogP contribution in [0.3, 0.4) is 0 Å². The molecule has 0 spiro atoms. The first-order valence-electron chi connectivity index (χ1n) is 19.6. The van der Waals surface area contributed by atoms with Crippen LogP contribution in [0.15, 0.2) is 0 Å². The summed E-state index contributed by atoms with van der Waals surface area (Å²) in [6.45, 7) is 12.9. The molecule has 0 bridgehead atoms. The monoisotopic (exact) mass is 595 g/mol. The molecule has 0 heterocycles. The molecule has 4 N–H and O–H groups in total. The van der Waals surface area contributed by atoms with Crippen LogP contribution in [0.25, 0.3) is 0 Å². The largest absolute Gasteiger partial charge is 0.329 e. The predicted octanol–water partition coefficient (Wildman–Crippen LogP) is 10.5. The molecule has 0 aromatic heterocycles. The van der Waals surface area contributed by atoms with Gasteiger partial charge in [-0.3, -0.25) is 0 Å². The highest BCUT2D eigenvalue weighted by Crippen LogP contribution is 2.14. The van der Waals surface area contributed by atoms with E-state index in [-0.39, 0.29) is 0 Å². The van der Waals surface area contributed by atoms with Crippen LogP contribution < -0.4 is 11.5 Å². The van der Waals surface area contributed by atoms with E-state index in [0.29, 0.717) is 0 Å². The first kappa shape index (κ1) is 41.8. The van der Waals surface area contributed by atoms with Crippen molar-refractivity contribution in [3.63, 3.8) is 0 Å². The molecule has 42 heavy (non-hydrogen) atoms. The molecule has 4 heteroatoms. The fraction of sp³-hybridized carbons (Fsp3) is 1.00. The van der Waals surface area contributed by atoms with E-state index in [1.54, 1.807) is 0 Å². The molecule has 0 saturated carbocycles. The van der Waals surface area contributed by atoms with Gasteiger partial charge < -0.3 is 21.3 Å². The van der Waals surface area contributed by atoms with Crippen molar-refractivity contribution in [2.45, 2.75) is 194 Å². The standard InChI is InChI=1S/C38H82N4/c1-3-5-7-9-11-13-15-17-19-21-23-25-27-29-33-41(35-31-39)37-38-42(36-32-40)34-30-28-26-24-22-20-18-16-14-12-10-8-6-4-2/h3-40H2,1-2H3. The minimum Gasteiger partial charge on any atom is -0.329 e. The average molecular weight is 595 g/mol. The lowest BCUT2D eigenvalue weighted by atomic mass is 10.0. The highest BCUT2D eigenvalue weighted by molar-refractivity contribution is 4.66. The maximum Gasteiger partial charge on any atom is 0.0110 e. The quantitative estimate of drug-likeness (QED) is 0.0702. The third-order valence-corrected chi connectivity index (χ3v) is 9.28. The molecule has 0 fully saturated rings. The van der Waals surface area contributed by atoms with Gasteiger partial charge in [-0.2, -0.15) is 0 Å². The summed E-state index contributed by atoms with van der Waals surface area (Å²) in [6.07, 6.45) is 39.9. The second kappa shape index (κ2) is 37.0. The van der Waals surface area contributed by atoms with Crippen LogP contribution in [-0.2, 0) is 0 Å². The van der Waals surface area contributed by atoms with Crippen LogP contribution in [-0.4, -0.2) is 62.2 Å². The Kier molecular flexibility index (Phi) is 36.9. The molecule has 0 aromatic carbocycles. The van der Waals surface area contributed by atoms with Gasteiger partial charge in [0.05, 0.1) is 0 Å². The van der Waals surface area contributed by atoms with E-state index in [9.17, 15) is 0 Å². The number of nitrogens with zero attached hydrogens (tertiary/aromatic N) is 2. The Morgan fingerprint density at radius 2 is 0.476 bits per heavy atom. The zero-order valence-corrected chi connectivity index (χ0v) is 29.5. The van der Waals surface area contributed by atoms with Gasteiger partial charge >= 0.3 is 0 Å². The highest BCUT2D eigenvalue weighted by Gasteiger charge is 2.09. The SMILES string of the molecule is CCCCCCCCCCCCCCCCN(CCN)CCN(CCN)CCCCCCCCCCCCCCCC. The van der Waals surface area contributed by atoms with Crippen molar-refractivity contribution >= 4 is 0 Å². The van der Waals surface area contributed by atoms with Crippen LogP contribution in [0.4, 0.5) is 0 Å². The lowest BCUT2D eigenvalue weighted by Crippen LogP contribution is -2.40. The smallest absolute Gasteiger partial charge is 0.0110 e. The molecule has 254 valence electrons. The summed E-state index contributed by atoms with van der Waals surface area (Å²) in [5, 5.41) is 0. The van der Waals surface area contributed by atoms with Gasteiger partial charge in [0.25, 0.3) is 0 Å². The normalized spacial score (nSPS) is 11.9. The Morgan fingerprint density at radius 3 is 0.690 bits per heavy atom. The Bertz CT molecular complexity index is 430. The average Bonchev–Trinajstić information content (AvgIpc) is 2.99. The van der Waals surface area contributed by atoms with E-state index < -0.39 is 0 Å². The van der Waals surface area contributed by atoms with E-state index in [2.05, 4.69) is 23.6 Å². The number of hydrogen-bond acceptors (Lipinski definition) is 4. The lowest BCUT2D eigenvalue weighted by molar-refractivity contribution is 0.203. The van der Waals surface area contributed by atoms with Crippen LogP contribution in [0, 0.1) is 0 Å². The number of unbranched alkanes of at least 4 members (excludes halogenated alkanes) is 26. The second-order valence-corrected chi connectivity index (χ2v) is 13.5. The third kappa shape index (κ3) is 32.7. The number of hydrogen-bond donors (Lipinski definition) is 2. The van der Waals surface area contributed by atoms with E-state index in [1.807, 2.05) is 0 Å². The molecule has 0 aromatic rings. The number of nitrogens with two attached hydrogens (primary N) is 2. The van der Waals surface area contributed by atoms with Crippen LogP contribution in [0.1, 0.15) is 194 Å². The maximum absolute atomic E-state index is 5.96. The van der Waals surface area contributed by atoms with Crippen LogP contribution in [0.5, 0.6) is 0 Å². The van der Waals surface area contributed by atoms with Crippen molar-refractivity contribution in [3.8, 4) is 0 Å². The predicted molar refractivity (Wildman–Crippen MR) is 192 cm³/mol. The second-order valence-electron chi connectivity index (χ2n) is 13.5. The van der Waals surface area contributed by atoms with E-state index in [1.165, 1.54) is 193 Å². The molecule has 0 aliphatic carbocycles. The Morgan fingerprint density at radius 1 is 0.262 bits per heavy atom. The van der Waals surface area contributed by atoms with Gasteiger partial charge in [0, 0.05) is 39.3 Å². The molecule has 0 unspecified atom stereocenters. The van der Waals surface area contributed by atoms with Gasteiger partial charge in [-0.25, -0.2) is 0 Å². The molecule has 0 rings (SSSR count).